The van der Waals surface area contributed by atoms with Crippen molar-refractivity contribution in [1.29, 1.82) is 0 Å². The third-order valence-electron chi connectivity index (χ3n) is 5.15. The molecule has 1 saturated carbocycles. The zero-order valence-corrected chi connectivity index (χ0v) is 13.1. The van der Waals surface area contributed by atoms with Crippen LogP contribution in [0.5, 0.6) is 0 Å². The van der Waals surface area contributed by atoms with Crippen molar-refractivity contribution < 1.29 is 4.79 Å². The average Bonchev–Trinajstić information content (AvgIpc) is 2.41. The maximum absolute atomic E-state index is 12.2. The molecule has 0 bridgehead atoms. The number of likely N-dealkylation sites (tertiary alicyclic amines) is 1. The lowest BCUT2D eigenvalue weighted by Crippen LogP contribution is -2.44. The molecule has 0 radical (unpaired) electrons. The predicted molar refractivity (Wildman–Crippen MR) is 82.3 cm³/mol. The molecule has 0 spiro atoms. The summed E-state index contributed by atoms with van der Waals surface area (Å²) in [6.45, 7) is 8.66. The van der Waals surface area contributed by atoms with Gasteiger partial charge in [0.05, 0.1) is 0 Å². The molecule has 1 heterocycles. The second-order valence-corrected chi connectivity index (χ2v) is 6.97. The van der Waals surface area contributed by atoms with Crippen LogP contribution in [0, 0.1) is 17.8 Å². The van der Waals surface area contributed by atoms with E-state index >= 15 is 0 Å². The van der Waals surface area contributed by atoms with Crippen LogP contribution in [0.25, 0.3) is 0 Å². The lowest BCUT2D eigenvalue weighted by atomic mass is 9.78. The molecule has 1 aliphatic heterocycles. The van der Waals surface area contributed by atoms with Gasteiger partial charge in [0, 0.05) is 25.0 Å². The van der Waals surface area contributed by atoms with Crippen molar-refractivity contribution in [1.82, 2.24) is 10.2 Å². The largest absolute Gasteiger partial charge is 0.355 e. The van der Waals surface area contributed by atoms with Gasteiger partial charge in [-0.2, -0.15) is 0 Å². The Hall–Kier alpha value is -0.610. The normalized spacial score (nSPS) is 33.0. The summed E-state index contributed by atoms with van der Waals surface area (Å²) >= 11 is 0. The minimum atomic E-state index is 0.177. The zero-order chi connectivity index (χ0) is 14.5. The van der Waals surface area contributed by atoms with Crippen molar-refractivity contribution in [3.8, 4) is 0 Å². The van der Waals surface area contributed by atoms with Gasteiger partial charge in [-0.15, -0.1) is 0 Å². The molecular weight excluding hydrogens is 250 g/mol. The van der Waals surface area contributed by atoms with Crippen LogP contribution in [0.1, 0.15) is 46.0 Å². The smallest absolute Gasteiger partial charge is 0.223 e. The first-order valence-corrected chi connectivity index (χ1v) is 8.32. The second kappa shape index (κ2) is 7.41. The fourth-order valence-corrected chi connectivity index (χ4v) is 3.58. The van der Waals surface area contributed by atoms with Gasteiger partial charge in [-0.3, -0.25) is 4.79 Å². The Bertz CT molecular complexity index is 313. The van der Waals surface area contributed by atoms with Crippen molar-refractivity contribution in [2.45, 2.75) is 52.0 Å². The molecule has 3 atom stereocenters. The highest BCUT2D eigenvalue weighted by Crippen LogP contribution is 2.29. The maximum atomic E-state index is 12.2. The van der Waals surface area contributed by atoms with E-state index < -0.39 is 0 Å². The van der Waals surface area contributed by atoms with Crippen molar-refractivity contribution in [2.24, 2.45) is 23.5 Å². The van der Waals surface area contributed by atoms with Crippen LogP contribution in [0.4, 0.5) is 0 Å². The number of hydrogen-bond acceptors (Lipinski definition) is 3. The molecule has 0 aromatic heterocycles. The fraction of sp³-hybridized carbons (Fsp3) is 0.938. The van der Waals surface area contributed by atoms with Crippen molar-refractivity contribution in [2.75, 3.05) is 26.2 Å². The molecule has 2 aliphatic rings. The highest BCUT2D eigenvalue weighted by molar-refractivity contribution is 5.79. The fourth-order valence-electron chi connectivity index (χ4n) is 3.58. The number of carbonyl (C=O) groups excluding carboxylic acids is 1. The van der Waals surface area contributed by atoms with E-state index in [0.717, 1.165) is 38.3 Å². The lowest BCUT2D eigenvalue weighted by Gasteiger charge is -2.32. The summed E-state index contributed by atoms with van der Waals surface area (Å²) in [5.41, 5.74) is 5.96. The van der Waals surface area contributed by atoms with Gasteiger partial charge >= 0.3 is 0 Å². The van der Waals surface area contributed by atoms with Gasteiger partial charge in [0.15, 0.2) is 0 Å². The third-order valence-corrected chi connectivity index (χ3v) is 5.15. The molecule has 2 fully saturated rings. The molecule has 1 amide bonds. The first kappa shape index (κ1) is 15.8. The molecule has 1 aliphatic carbocycles. The van der Waals surface area contributed by atoms with Gasteiger partial charge in [-0.05, 0) is 57.0 Å². The minimum absolute atomic E-state index is 0.177. The van der Waals surface area contributed by atoms with Crippen molar-refractivity contribution in [3.05, 3.63) is 0 Å². The van der Waals surface area contributed by atoms with Crippen LogP contribution < -0.4 is 11.1 Å². The number of nitrogens with zero attached hydrogens (tertiary/aromatic N) is 1. The number of rotatable bonds is 4. The molecule has 20 heavy (non-hydrogen) atoms. The third kappa shape index (κ3) is 4.45. The van der Waals surface area contributed by atoms with Crippen LogP contribution in [-0.4, -0.2) is 43.0 Å². The van der Waals surface area contributed by atoms with Gasteiger partial charge in [-0.1, -0.05) is 13.8 Å². The number of amides is 1. The molecular formula is C16H31N3O. The highest BCUT2D eigenvalue weighted by Gasteiger charge is 2.30. The molecule has 4 heteroatoms. The number of carbonyl (C=O) groups is 1. The molecule has 2 rings (SSSR count). The van der Waals surface area contributed by atoms with E-state index in [1.807, 2.05) is 0 Å². The summed E-state index contributed by atoms with van der Waals surface area (Å²) in [5.74, 6) is 1.72. The summed E-state index contributed by atoms with van der Waals surface area (Å²) in [6, 6.07) is 0.296. The minimum Gasteiger partial charge on any atom is -0.355 e. The van der Waals surface area contributed by atoms with Crippen LogP contribution >= 0.6 is 0 Å². The summed E-state index contributed by atoms with van der Waals surface area (Å²) in [5, 5.41) is 3.13. The van der Waals surface area contributed by atoms with Gasteiger partial charge in [-0.25, -0.2) is 0 Å². The Morgan fingerprint density at radius 3 is 2.55 bits per heavy atom. The van der Waals surface area contributed by atoms with E-state index in [1.54, 1.807) is 0 Å². The van der Waals surface area contributed by atoms with Gasteiger partial charge in [0.2, 0.25) is 5.91 Å². The van der Waals surface area contributed by atoms with Crippen LogP contribution in [0.2, 0.25) is 0 Å². The monoisotopic (exact) mass is 281 g/mol. The standard InChI is InChI=1S/C16H31N3O/c1-12-5-8-19(9-6-12)10-7-18-16(20)15-4-3-14(17)11-13(15)2/h12-15H,3-11,17H2,1-2H3,(H,18,20). The highest BCUT2D eigenvalue weighted by atomic mass is 16.1. The van der Waals surface area contributed by atoms with Crippen molar-refractivity contribution >= 4 is 5.91 Å². The quantitative estimate of drug-likeness (QED) is 0.823. The SMILES string of the molecule is CC1CCN(CCNC(=O)C2CCC(N)CC2C)CC1. The molecule has 3 N–H and O–H groups in total. The Balaban J connectivity index is 1.65. The Labute approximate surface area is 123 Å². The summed E-state index contributed by atoms with van der Waals surface area (Å²) in [6.07, 6.45) is 5.53. The molecule has 0 aromatic rings. The maximum Gasteiger partial charge on any atom is 0.223 e. The first-order valence-electron chi connectivity index (χ1n) is 8.32. The first-order chi connectivity index (χ1) is 9.56. The number of nitrogens with two attached hydrogens (primary N) is 1. The van der Waals surface area contributed by atoms with E-state index in [0.29, 0.717) is 12.0 Å². The van der Waals surface area contributed by atoms with Gasteiger partial charge in [0.25, 0.3) is 0 Å². The van der Waals surface area contributed by atoms with E-state index in [2.05, 4.69) is 24.1 Å². The molecule has 0 aromatic carbocycles. The second-order valence-electron chi connectivity index (χ2n) is 6.97. The molecule has 3 unspecified atom stereocenters. The summed E-state index contributed by atoms with van der Waals surface area (Å²) in [7, 11) is 0. The van der Waals surface area contributed by atoms with E-state index in [4.69, 9.17) is 5.73 Å². The zero-order valence-electron chi connectivity index (χ0n) is 13.1. The average molecular weight is 281 g/mol. The lowest BCUT2D eigenvalue weighted by molar-refractivity contribution is -0.127. The van der Waals surface area contributed by atoms with Gasteiger partial charge < -0.3 is 16.0 Å². The number of nitrogens with one attached hydrogen (secondary N) is 1. The van der Waals surface area contributed by atoms with Crippen LogP contribution in [-0.2, 0) is 4.79 Å². The van der Waals surface area contributed by atoms with Crippen molar-refractivity contribution in [3.63, 3.8) is 0 Å². The summed E-state index contributed by atoms with van der Waals surface area (Å²) in [4.78, 5) is 14.7. The number of piperidine rings is 1. The van der Waals surface area contributed by atoms with Gasteiger partial charge in [0.1, 0.15) is 0 Å². The van der Waals surface area contributed by atoms with Crippen LogP contribution in [0.15, 0.2) is 0 Å². The summed E-state index contributed by atoms with van der Waals surface area (Å²) < 4.78 is 0. The Morgan fingerprint density at radius 1 is 1.20 bits per heavy atom. The number of hydrogen-bond donors (Lipinski definition) is 2. The Morgan fingerprint density at radius 2 is 1.90 bits per heavy atom. The van der Waals surface area contributed by atoms with Crippen LogP contribution in [0.3, 0.4) is 0 Å². The van der Waals surface area contributed by atoms with E-state index in [1.165, 1.54) is 25.9 Å². The molecule has 4 nitrogen and oxygen atoms in total. The molecule has 1 saturated heterocycles. The van der Waals surface area contributed by atoms with E-state index in [-0.39, 0.29) is 11.8 Å². The molecule has 116 valence electrons. The predicted octanol–water partition coefficient (Wildman–Crippen LogP) is 1.60. The Kier molecular flexibility index (Phi) is 5.85. The van der Waals surface area contributed by atoms with E-state index in [9.17, 15) is 4.79 Å². The topological polar surface area (TPSA) is 58.4 Å².